The average Bonchev–Trinajstić information content (AvgIpc) is 2.29. The fourth-order valence-corrected chi connectivity index (χ4v) is 0.938. The lowest BCUT2D eigenvalue weighted by Crippen LogP contribution is -2.02. The molecule has 1 rings (SSSR count). The summed E-state index contributed by atoms with van der Waals surface area (Å²) in [5, 5.41) is 0. The van der Waals surface area contributed by atoms with Gasteiger partial charge in [-0.15, -0.1) is 0 Å². The van der Waals surface area contributed by atoms with Gasteiger partial charge in [-0.25, -0.2) is 0 Å². The monoisotopic (exact) mass is 204 g/mol. The van der Waals surface area contributed by atoms with E-state index >= 15 is 0 Å². The average molecular weight is 204 g/mol. The van der Waals surface area contributed by atoms with Gasteiger partial charge in [0.15, 0.2) is 0 Å². The third-order valence-corrected chi connectivity index (χ3v) is 1.59. The number of rotatable bonds is 5. The van der Waals surface area contributed by atoms with Gasteiger partial charge < -0.3 is 9.47 Å². The van der Waals surface area contributed by atoms with Crippen LogP contribution in [0.25, 0.3) is 0 Å². The first-order chi connectivity index (χ1) is 7.43. The highest BCUT2D eigenvalue weighted by Crippen LogP contribution is 1.94. The number of ether oxygens (including phenoxy) is 2. The van der Waals surface area contributed by atoms with Crippen molar-refractivity contribution >= 4 is 6.47 Å². The zero-order valence-corrected chi connectivity index (χ0v) is 8.31. The minimum atomic E-state index is 0.274. The minimum Gasteiger partial charge on any atom is -0.465 e. The Hall–Kier alpha value is -1.79. The molecule has 0 amide bonds. The van der Waals surface area contributed by atoms with E-state index in [0.717, 1.165) is 5.56 Å². The topological polar surface area (TPSA) is 35.5 Å². The van der Waals surface area contributed by atoms with E-state index in [9.17, 15) is 4.79 Å². The number of benzene rings is 1. The molecular weight excluding hydrogens is 192 g/mol. The lowest BCUT2D eigenvalue weighted by Gasteiger charge is -1.96. The molecule has 0 aromatic heterocycles. The maximum Gasteiger partial charge on any atom is 0.293 e. The molecule has 0 aliphatic heterocycles. The zero-order chi connectivity index (χ0) is 10.8. The molecule has 0 heterocycles. The Balaban J connectivity index is 2.15. The van der Waals surface area contributed by atoms with Gasteiger partial charge in [-0.2, -0.15) is 0 Å². The smallest absolute Gasteiger partial charge is 0.293 e. The summed E-state index contributed by atoms with van der Waals surface area (Å²) in [4.78, 5) is 9.77. The van der Waals surface area contributed by atoms with E-state index < -0.39 is 0 Å². The summed E-state index contributed by atoms with van der Waals surface area (Å²) >= 11 is 0. The Morgan fingerprint density at radius 1 is 1.20 bits per heavy atom. The van der Waals surface area contributed by atoms with Crippen molar-refractivity contribution in [1.82, 2.24) is 0 Å². The molecule has 0 spiro atoms. The van der Waals surface area contributed by atoms with Crippen molar-refractivity contribution < 1.29 is 14.3 Å². The van der Waals surface area contributed by atoms with E-state index in [-0.39, 0.29) is 6.61 Å². The van der Waals surface area contributed by atoms with Crippen molar-refractivity contribution in [3.63, 3.8) is 0 Å². The van der Waals surface area contributed by atoms with Crippen LogP contribution in [-0.4, -0.2) is 26.3 Å². The first kappa shape index (κ1) is 11.3. The lowest BCUT2D eigenvalue weighted by molar-refractivity contribution is -0.130. The molecule has 0 aliphatic rings. The summed E-state index contributed by atoms with van der Waals surface area (Å²) in [5.41, 5.74) is 0.963. The van der Waals surface area contributed by atoms with Gasteiger partial charge in [0.1, 0.15) is 13.2 Å². The van der Waals surface area contributed by atoms with Crippen molar-refractivity contribution in [3.05, 3.63) is 35.9 Å². The molecule has 0 unspecified atom stereocenters. The maximum absolute atomic E-state index is 9.77. The van der Waals surface area contributed by atoms with Crippen LogP contribution >= 0.6 is 0 Å². The van der Waals surface area contributed by atoms with Crippen molar-refractivity contribution in [3.8, 4) is 11.8 Å². The van der Waals surface area contributed by atoms with Gasteiger partial charge in [0.05, 0.1) is 6.61 Å². The highest BCUT2D eigenvalue weighted by Gasteiger charge is 1.85. The molecule has 0 fully saturated rings. The summed E-state index contributed by atoms with van der Waals surface area (Å²) in [6.07, 6.45) is 0. The van der Waals surface area contributed by atoms with Gasteiger partial charge in [0.25, 0.3) is 6.47 Å². The van der Waals surface area contributed by atoms with E-state index in [4.69, 9.17) is 4.74 Å². The standard InChI is InChI=1S/C12H12O3/c13-11-15-10-9-14-8-4-7-12-5-2-1-3-6-12/h1-3,5-6,11H,8-10H2. The van der Waals surface area contributed by atoms with Crippen LogP contribution in [0.15, 0.2) is 30.3 Å². The molecule has 15 heavy (non-hydrogen) atoms. The Morgan fingerprint density at radius 2 is 2.00 bits per heavy atom. The number of carbonyl (C=O) groups is 1. The van der Waals surface area contributed by atoms with Crippen LogP contribution < -0.4 is 0 Å². The zero-order valence-electron chi connectivity index (χ0n) is 8.31. The normalized spacial score (nSPS) is 8.80. The van der Waals surface area contributed by atoms with Gasteiger partial charge in [-0.3, -0.25) is 4.79 Å². The van der Waals surface area contributed by atoms with Crippen molar-refractivity contribution in [2.75, 3.05) is 19.8 Å². The summed E-state index contributed by atoms with van der Waals surface area (Å²) in [7, 11) is 0. The molecule has 3 nitrogen and oxygen atoms in total. The van der Waals surface area contributed by atoms with Crippen molar-refractivity contribution in [2.45, 2.75) is 0 Å². The van der Waals surface area contributed by atoms with Crippen molar-refractivity contribution in [1.29, 1.82) is 0 Å². The van der Waals surface area contributed by atoms with E-state index in [1.807, 2.05) is 30.3 Å². The summed E-state index contributed by atoms with van der Waals surface area (Å²) in [6.45, 7) is 1.40. The summed E-state index contributed by atoms with van der Waals surface area (Å²) < 4.78 is 9.54. The van der Waals surface area contributed by atoms with E-state index in [2.05, 4.69) is 16.6 Å². The van der Waals surface area contributed by atoms with E-state index in [1.165, 1.54) is 0 Å². The van der Waals surface area contributed by atoms with Gasteiger partial charge in [0, 0.05) is 5.56 Å². The first-order valence-corrected chi connectivity index (χ1v) is 4.60. The fourth-order valence-electron chi connectivity index (χ4n) is 0.938. The number of hydrogen-bond acceptors (Lipinski definition) is 3. The van der Waals surface area contributed by atoms with Crippen LogP contribution in [0, 0.1) is 11.8 Å². The molecule has 0 radical (unpaired) electrons. The second kappa shape index (κ2) is 7.60. The molecule has 78 valence electrons. The SMILES string of the molecule is O=COCCOCC#Cc1ccccc1. The number of carbonyl (C=O) groups excluding carboxylic acids is 1. The van der Waals surface area contributed by atoms with E-state index in [1.54, 1.807) is 0 Å². The molecule has 0 bridgehead atoms. The highest BCUT2D eigenvalue weighted by atomic mass is 16.5. The van der Waals surface area contributed by atoms with Crippen LogP contribution in [0.3, 0.4) is 0 Å². The van der Waals surface area contributed by atoms with Gasteiger partial charge in [-0.1, -0.05) is 30.0 Å². The maximum atomic E-state index is 9.77. The Morgan fingerprint density at radius 3 is 2.73 bits per heavy atom. The second-order valence-electron chi connectivity index (χ2n) is 2.69. The van der Waals surface area contributed by atoms with Gasteiger partial charge in [-0.05, 0) is 12.1 Å². The first-order valence-electron chi connectivity index (χ1n) is 4.60. The Bertz CT molecular complexity index is 335. The van der Waals surface area contributed by atoms with E-state index in [0.29, 0.717) is 19.7 Å². The quantitative estimate of drug-likeness (QED) is 0.411. The van der Waals surface area contributed by atoms with Crippen LogP contribution in [0.5, 0.6) is 0 Å². The van der Waals surface area contributed by atoms with Crippen LogP contribution in [0.1, 0.15) is 5.56 Å². The third kappa shape index (κ3) is 5.50. The molecule has 0 aliphatic carbocycles. The molecule has 3 heteroatoms. The number of hydrogen-bond donors (Lipinski definition) is 0. The van der Waals surface area contributed by atoms with Crippen molar-refractivity contribution in [2.24, 2.45) is 0 Å². The lowest BCUT2D eigenvalue weighted by atomic mass is 10.2. The predicted octanol–water partition coefficient (Wildman–Crippen LogP) is 1.23. The molecule has 0 saturated heterocycles. The molecule has 0 atom stereocenters. The third-order valence-electron chi connectivity index (χ3n) is 1.59. The highest BCUT2D eigenvalue weighted by molar-refractivity contribution is 5.36. The molecular formula is C12H12O3. The van der Waals surface area contributed by atoms with Crippen LogP contribution in [0.4, 0.5) is 0 Å². The Kier molecular flexibility index (Phi) is 5.72. The fraction of sp³-hybridized carbons (Fsp3) is 0.250. The Labute approximate surface area is 89.0 Å². The predicted molar refractivity (Wildman–Crippen MR) is 56.2 cm³/mol. The molecule has 1 aromatic carbocycles. The van der Waals surface area contributed by atoms with Gasteiger partial charge in [0.2, 0.25) is 0 Å². The minimum absolute atomic E-state index is 0.274. The van der Waals surface area contributed by atoms with Crippen LogP contribution in [0.2, 0.25) is 0 Å². The molecule has 0 saturated carbocycles. The van der Waals surface area contributed by atoms with Gasteiger partial charge >= 0.3 is 0 Å². The summed E-state index contributed by atoms with van der Waals surface area (Å²) in [5.74, 6) is 5.81. The second-order valence-corrected chi connectivity index (χ2v) is 2.69. The molecule has 0 N–H and O–H groups in total. The van der Waals surface area contributed by atoms with Crippen LogP contribution in [-0.2, 0) is 14.3 Å². The summed E-state index contributed by atoms with van der Waals surface area (Å²) in [6, 6.07) is 9.68. The molecule has 1 aromatic rings. The largest absolute Gasteiger partial charge is 0.465 e.